The summed E-state index contributed by atoms with van der Waals surface area (Å²) >= 11 is 0. The molecule has 2 rings (SSSR count). The largest absolute Gasteiger partial charge is 0.496 e. The molecule has 0 aliphatic heterocycles. The molecule has 0 heterocycles. The summed E-state index contributed by atoms with van der Waals surface area (Å²) < 4.78 is 5.39. The third-order valence-corrected chi connectivity index (χ3v) is 3.39. The van der Waals surface area contributed by atoms with Crippen molar-refractivity contribution in [3.8, 4) is 16.9 Å². The second kappa shape index (κ2) is 6.90. The summed E-state index contributed by atoms with van der Waals surface area (Å²) in [5, 5.41) is 2.63. The number of hydrogen-bond donors (Lipinski definition) is 2. The average molecular weight is 284 g/mol. The predicted molar refractivity (Wildman–Crippen MR) is 84.6 cm³/mol. The molecule has 0 unspecified atom stereocenters. The smallest absolute Gasteiger partial charge is 0.251 e. The van der Waals surface area contributed by atoms with Crippen molar-refractivity contribution in [1.29, 1.82) is 0 Å². The lowest BCUT2D eigenvalue weighted by molar-refractivity contribution is 0.0963. The number of rotatable bonds is 5. The van der Waals surface area contributed by atoms with Gasteiger partial charge >= 0.3 is 0 Å². The average Bonchev–Trinajstić information content (AvgIpc) is 2.54. The molecule has 0 spiro atoms. The van der Waals surface area contributed by atoms with E-state index in [-0.39, 0.29) is 5.91 Å². The number of carbonyl (C=O) groups is 1. The molecule has 4 heteroatoms. The molecule has 0 aromatic heterocycles. The lowest BCUT2D eigenvalue weighted by atomic mass is 9.99. The molecule has 2 aromatic carbocycles. The van der Waals surface area contributed by atoms with Crippen LogP contribution in [0.1, 0.15) is 15.9 Å². The first-order chi connectivity index (χ1) is 10.2. The zero-order chi connectivity index (χ0) is 15.2. The van der Waals surface area contributed by atoms with Crippen molar-refractivity contribution < 1.29 is 9.53 Å². The Labute approximate surface area is 124 Å². The highest BCUT2D eigenvalue weighted by molar-refractivity contribution is 5.96. The summed E-state index contributed by atoms with van der Waals surface area (Å²) in [6.07, 6.45) is 0.857. The molecule has 110 valence electrons. The number of carbonyl (C=O) groups excluding carboxylic acids is 1. The van der Waals surface area contributed by atoms with Crippen molar-refractivity contribution in [2.75, 3.05) is 20.7 Å². The van der Waals surface area contributed by atoms with Crippen molar-refractivity contribution in [3.05, 3.63) is 53.6 Å². The van der Waals surface area contributed by atoms with Gasteiger partial charge in [-0.25, -0.2) is 0 Å². The van der Waals surface area contributed by atoms with E-state index in [9.17, 15) is 4.79 Å². The van der Waals surface area contributed by atoms with E-state index < -0.39 is 0 Å². The molecule has 0 saturated carbocycles. The van der Waals surface area contributed by atoms with Gasteiger partial charge in [-0.15, -0.1) is 0 Å². The molecule has 0 aliphatic carbocycles. The molecule has 0 radical (unpaired) electrons. The van der Waals surface area contributed by atoms with E-state index in [2.05, 4.69) is 5.32 Å². The van der Waals surface area contributed by atoms with Crippen molar-refractivity contribution in [2.45, 2.75) is 6.42 Å². The van der Waals surface area contributed by atoms with Gasteiger partial charge in [-0.2, -0.15) is 0 Å². The number of methoxy groups -OCH3 is 1. The highest BCUT2D eigenvalue weighted by atomic mass is 16.5. The Morgan fingerprint density at radius 1 is 1.19 bits per heavy atom. The Morgan fingerprint density at radius 2 is 1.90 bits per heavy atom. The standard InChI is InChI=1S/C17H20N2O2/c1-19-17(20)14-7-8-16(21-2)15(11-14)13-5-3-12(4-6-13)9-10-18/h3-8,11H,9-10,18H2,1-2H3,(H,19,20). The van der Waals surface area contributed by atoms with E-state index in [1.165, 1.54) is 5.56 Å². The minimum Gasteiger partial charge on any atom is -0.496 e. The summed E-state index contributed by atoms with van der Waals surface area (Å²) in [5.41, 5.74) is 9.28. The van der Waals surface area contributed by atoms with Gasteiger partial charge in [0.15, 0.2) is 0 Å². The van der Waals surface area contributed by atoms with E-state index in [4.69, 9.17) is 10.5 Å². The number of nitrogens with one attached hydrogen (secondary N) is 1. The van der Waals surface area contributed by atoms with Crippen LogP contribution in [0.2, 0.25) is 0 Å². The zero-order valence-corrected chi connectivity index (χ0v) is 12.3. The summed E-state index contributed by atoms with van der Waals surface area (Å²) in [7, 11) is 3.25. The van der Waals surface area contributed by atoms with Crippen molar-refractivity contribution >= 4 is 5.91 Å². The molecular formula is C17H20N2O2. The Kier molecular flexibility index (Phi) is 4.95. The second-order valence-corrected chi connectivity index (χ2v) is 4.73. The normalized spacial score (nSPS) is 10.2. The van der Waals surface area contributed by atoms with Crippen LogP contribution in [0.15, 0.2) is 42.5 Å². The fourth-order valence-corrected chi connectivity index (χ4v) is 2.24. The van der Waals surface area contributed by atoms with Crippen molar-refractivity contribution in [1.82, 2.24) is 5.32 Å². The molecule has 0 fully saturated rings. The van der Waals surface area contributed by atoms with Gasteiger partial charge in [0.2, 0.25) is 0 Å². The van der Waals surface area contributed by atoms with Crippen molar-refractivity contribution in [2.24, 2.45) is 5.73 Å². The lowest BCUT2D eigenvalue weighted by Crippen LogP contribution is -2.17. The number of nitrogens with two attached hydrogens (primary N) is 1. The zero-order valence-electron chi connectivity index (χ0n) is 12.3. The van der Waals surface area contributed by atoms with Crippen LogP contribution >= 0.6 is 0 Å². The third kappa shape index (κ3) is 3.41. The first-order valence-electron chi connectivity index (χ1n) is 6.89. The number of benzene rings is 2. The molecule has 0 bridgehead atoms. The fourth-order valence-electron chi connectivity index (χ4n) is 2.24. The summed E-state index contributed by atoms with van der Waals surface area (Å²) in [5.74, 6) is 0.632. The lowest BCUT2D eigenvalue weighted by Gasteiger charge is -2.11. The molecule has 1 amide bonds. The minimum absolute atomic E-state index is 0.112. The minimum atomic E-state index is -0.112. The number of ether oxygens (including phenoxy) is 1. The van der Waals surface area contributed by atoms with E-state index in [1.807, 2.05) is 36.4 Å². The molecular weight excluding hydrogens is 264 g/mol. The van der Waals surface area contributed by atoms with E-state index in [0.29, 0.717) is 12.1 Å². The van der Waals surface area contributed by atoms with Crippen LogP contribution < -0.4 is 15.8 Å². The van der Waals surface area contributed by atoms with Crippen LogP contribution in [-0.4, -0.2) is 26.6 Å². The monoisotopic (exact) mass is 284 g/mol. The van der Waals surface area contributed by atoms with E-state index >= 15 is 0 Å². The van der Waals surface area contributed by atoms with Gasteiger partial charge in [-0.3, -0.25) is 4.79 Å². The fraction of sp³-hybridized carbons (Fsp3) is 0.235. The van der Waals surface area contributed by atoms with Crippen LogP contribution in [0.5, 0.6) is 5.75 Å². The van der Waals surface area contributed by atoms with Gasteiger partial charge in [-0.05, 0) is 42.3 Å². The molecule has 2 aromatic rings. The summed E-state index contributed by atoms with van der Waals surface area (Å²) in [6, 6.07) is 13.6. The second-order valence-electron chi connectivity index (χ2n) is 4.73. The van der Waals surface area contributed by atoms with E-state index in [0.717, 1.165) is 23.3 Å². The van der Waals surface area contributed by atoms with Crippen LogP contribution in [0, 0.1) is 0 Å². The maximum absolute atomic E-state index is 11.8. The maximum atomic E-state index is 11.8. The van der Waals surface area contributed by atoms with Crippen LogP contribution in [0.3, 0.4) is 0 Å². The predicted octanol–water partition coefficient (Wildman–Crippen LogP) is 2.22. The maximum Gasteiger partial charge on any atom is 0.251 e. The van der Waals surface area contributed by atoms with Gasteiger partial charge in [0, 0.05) is 18.2 Å². The van der Waals surface area contributed by atoms with Gasteiger partial charge in [0.05, 0.1) is 7.11 Å². The van der Waals surface area contributed by atoms with Gasteiger partial charge in [0.25, 0.3) is 5.91 Å². The first-order valence-corrected chi connectivity index (χ1v) is 6.89. The Hall–Kier alpha value is -2.33. The van der Waals surface area contributed by atoms with Crippen LogP contribution in [0.25, 0.3) is 11.1 Å². The quantitative estimate of drug-likeness (QED) is 0.885. The Balaban J connectivity index is 2.42. The summed E-state index contributed by atoms with van der Waals surface area (Å²) in [6.45, 7) is 0.634. The molecule has 0 atom stereocenters. The highest BCUT2D eigenvalue weighted by Crippen LogP contribution is 2.31. The number of hydrogen-bond acceptors (Lipinski definition) is 3. The SMILES string of the molecule is CNC(=O)c1ccc(OC)c(-c2ccc(CCN)cc2)c1. The van der Waals surface area contributed by atoms with Crippen LogP contribution in [-0.2, 0) is 6.42 Å². The Bertz CT molecular complexity index is 621. The van der Waals surface area contributed by atoms with Gasteiger partial charge in [-0.1, -0.05) is 24.3 Å². The van der Waals surface area contributed by atoms with Crippen LogP contribution in [0.4, 0.5) is 0 Å². The van der Waals surface area contributed by atoms with E-state index in [1.54, 1.807) is 20.2 Å². The topological polar surface area (TPSA) is 64.3 Å². The number of amides is 1. The third-order valence-electron chi connectivity index (χ3n) is 3.39. The van der Waals surface area contributed by atoms with Gasteiger partial charge < -0.3 is 15.8 Å². The molecule has 0 saturated heterocycles. The first kappa shape index (κ1) is 15.1. The molecule has 4 nitrogen and oxygen atoms in total. The van der Waals surface area contributed by atoms with Crippen molar-refractivity contribution in [3.63, 3.8) is 0 Å². The van der Waals surface area contributed by atoms with Gasteiger partial charge in [0.1, 0.15) is 5.75 Å². The molecule has 0 aliphatic rings. The molecule has 21 heavy (non-hydrogen) atoms. The Morgan fingerprint density at radius 3 is 2.48 bits per heavy atom. The summed E-state index contributed by atoms with van der Waals surface area (Å²) in [4.78, 5) is 11.8. The molecule has 3 N–H and O–H groups in total. The highest BCUT2D eigenvalue weighted by Gasteiger charge is 2.10.